The van der Waals surface area contributed by atoms with Gasteiger partial charge in [0.05, 0.1) is 0 Å². The van der Waals surface area contributed by atoms with Crippen LogP contribution < -0.4 is 5.48 Å². The first-order valence-corrected chi connectivity index (χ1v) is 2.84. The zero-order valence-electron chi connectivity index (χ0n) is 5.24. The summed E-state index contributed by atoms with van der Waals surface area (Å²) < 4.78 is 0. The van der Waals surface area contributed by atoms with Gasteiger partial charge in [-0.1, -0.05) is 18.2 Å². The van der Waals surface area contributed by atoms with E-state index in [4.69, 9.17) is 5.21 Å². The van der Waals surface area contributed by atoms with Crippen LogP contribution in [-0.4, -0.2) is 48.9 Å². The molecule has 1 amide bonds. The van der Waals surface area contributed by atoms with Gasteiger partial charge >= 0.3 is 37.7 Å². The van der Waals surface area contributed by atoms with Crippen LogP contribution in [0.5, 0.6) is 0 Å². The minimum atomic E-state index is -0.486. The summed E-state index contributed by atoms with van der Waals surface area (Å²) in [7, 11) is 0. The van der Waals surface area contributed by atoms with E-state index in [9.17, 15) is 4.79 Å². The van der Waals surface area contributed by atoms with E-state index in [-0.39, 0.29) is 37.7 Å². The Morgan fingerprint density at radius 2 is 1.82 bits per heavy atom. The predicted molar refractivity (Wildman–Crippen MR) is 44.2 cm³/mol. The molecular weight excluding hydrogens is 170 g/mol. The van der Waals surface area contributed by atoms with Gasteiger partial charge in [-0.3, -0.25) is 10.0 Å². The Morgan fingerprint density at radius 1 is 1.27 bits per heavy atom. The van der Waals surface area contributed by atoms with Crippen LogP contribution in [0.15, 0.2) is 30.3 Å². The van der Waals surface area contributed by atoms with Crippen LogP contribution in [0.2, 0.25) is 0 Å². The van der Waals surface area contributed by atoms with Gasteiger partial charge in [0.25, 0.3) is 5.91 Å². The van der Waals surface area contributed by atoms with E-state index in [1.54, 1.807) is 35.8 Å². The van der Waals surface area contributed by atoms with Crippen molar-refractivity contribution >= 4 is 43.6 Å². The van der Waals surface area contributed by atoms with Crippen molar-refractivity contribution < 1.29 is 10.0 Å². The van der Waals surface area contributed by atoms with Crippen LogP contribution in [0.4, 0.5) is 0 Å². The Bertz CT molecular complexity index is 225. The SMILES string of the molecule is O=C(NO)c1ccccc1.[CaH2]. The molecule has 0 aromatic heterocycles. The average Bonchev–Trinajstić information content (AvgIpc) is 2.05. The molecule has 3 nitrogen and oxygen atoms in total. The molecule has 0 saturated carbocycles. The molecule has 0 spiro atoms. The van der Waals surface area contributed by atoms with Crippen LogP contribution in [0.3, 0.4) is 0 Å². The maximum atomic E-state index is 10.7. The van der Waals surface area contributed by atoms with Gasteiger partial charge in [-0.25, -0.2) is 5.48 Å². The van der Waals surface area contributed by atoms with Crippen molar-refractivity contribution in [3.63, 3.8) is 0 Å². The Kier molecular flexibility index (Phi) is 5.50. The summed E-state index contributed by atoms with van der Waals surface area (Å²) in [6.45, 7) is 0. The van der Waals surface area contributed by atoms with Gasteiger partial charge < -0.3 is 0 Å². The first-order chi connectivity index (χ1) is 4.84. The quantitative estimate of drug-likeness (QED) is 0.359. The van der Waals surface area contributed by atoms with Crippen LogP contribution >= 0.6 is 0 Å². The molecule has 0 aliphatic carbocycles. The van der Waals surface area contributed by atoms with Crippen molar-refractivity contribution in [3.8, 4) is 0 Å². The zero-order valence-corrected chi connectivity index (χ0v) is 5.24. The van der Waals surface area contributed by atoms with Crippen LogP contribution in [0.1, 0.15) is 10.4 Å². The summed E-state index contributed by atoms with van der Waals surface area (Å²) >= 11 is 0. The average molecular weight is 179 g/mol. The van der Waals surface area contributed by atoms with Crippen LogP contribution in [-0.2, 0) is 0 Å². The molecule has 0 aliphatic rings. The number of carbonyl (C=O) groups is 1. The third kappa shape index (κ3) is 3.20. The second-order valence-electron chi connectivity index (χ2n) is 1.81. The Hall–Kier alpha value is -0.0903. The molecule has 11 heavy (non-hydrogen) atoms. The first kappa shape index (κ1) is 10.9. The van der Waals surface area contributed by atoms with Gasteiger partial charge in [0.1, 0.15) is 0 Å². The Morgan fingerprint density at radius 3 is 2.27 bits per heavy atom. The Labute approximate surface area is 94.4 Å². The van der Waals surface area contributed by atoms with E-state index in [0.29, 0.717) is 5.56 Å². The molecule has 4 heteroatoms. The van der Waals surface area contributed by atoms with Crippen molar-refractivity contribution in [1.82, 2.24) is 5.48 Å². The van der Waals surface area contributed by atoms with Crippen molar-refractivity contribution in [2.24, 2.45) is 0 Å². The van der Waals surface area contributed by atoms with Crippen molar-refractivity contribution in [1.29, 1.82) is 0 Å². The van der Waals surface area contributed by atoms with Gasteiger partial charge in [-0.2, -0.15) is 0 Å². The molecule has 1 rings (SSSR count). The number of benzene rings is 1. The van der Waals surface area contributed by atoms with Crippen molar-refractivity contribution in [2.75, 3.05) is 0 Å². The molecule has 0 atom stereocenters. The van der Waals surface area contributed by atoms with Crippen LogP contribution in [0, 0.1) is 0 Å². The first-order valence-electron chi connectivity index (χ1n) is 2.84. The van der Waals surface area contributed by atoms with E-state index < -0.39 is 5.91 Å². The number of hydrogen-bond donors (Lipinski definition) is 2. The molecule has 0 bridgehead atoms. The Balaban J connectivity index is 0.000001000. The second-order valence-corrected chi connectivity index (χ2v) is 1.81. The summed E-state index contributed by atoms with van der Waals surface area (Å²) in [4.78, 5) is 10.7. The number of amides is 1. The molecular formula is C7H9CaNO2. The molecule has 1 aromatic rings. The second kappa shape index (κ2) is 5.55. The number of nitrogens with one attached hydrogen (secondary N) is 1. The van der Waals surface area contributed by atoms with Crippen LogP contribution in [0.25, 0.3) is 0 Å². The van der Waals surface area contributed by atoms with Gasteiger partial charge in [0.15, 0.2) is 0 Å². The predicted octanol–water partition coefficient (Wildman–Crippen LogP) is -0.111. The minimum absolute atomic E-state index is 0. The topological polar surface area (TPSA) is 49.3 Å². The summed E-state index contributed by atoms with van der Waals surface area (Å²) in [6.07, 6.45) is 0. The van der Waals surface area contributed by atoms with E-state index in [0.717, 1.165) is 0 Å². The molecule has 2 N–H and O–H groups in total. The molecule has 0 saturated heterocycles. The molecule has 0 aliphatic heterocycles. The van der Waals surface area contributed by atoms with Gasteiger partial charge in [-0.15, -0.1) is 0 Å². The fourth-order valence-corrected chi connectivity index (χ4v) is 0.654. The summed E-state index contributed by atoms with van der Waals surface area (Å²) in [5, 5.41) is 8.19. The number of hydroxylamine groups is 1. The molecule has 0 fully saturated rings. The summed E-state index contributed by atoms with van der Waals surface area (Å²) in [5.74, 6) is -0.486. The molecule has 0 radical (unpaired) electrons. The van der Waals surface area contributed by atoms with E-state index in [1.165, 1.54) is 0 Å². The van der Waals surface area contributed by atoms with Gasteiger partial charge in [0, 0.05) is 5.56 Å². The monoisotopic (exact) mass is 179 g/mol. The molecule has 0 unspecified atom stereocenters. The summed E-state index contributed by atoms with van der Waals surface area (Å²) in [6, 6.07) is 8.49. The van der Waals surface area contributed by atoms with Gasteiger partial charge in [-0.05, 0) is 12.1 Å². The third-order valence-corrected chi connectivity index (χ3v) is 1.14. The van der Waals surface area contributed by atoms with Crippen molar-refractivity contribution in [3.05, 3.63) is 35.9 Å². The molecule has 1 aromatic carbocycles. The number of rotatable bonds is 1. The molecule has 56 valence electrons. The zero-order chi connectivity index (χ0) is 7.40. The van der Waals surface area contributed by atoms with E-state index in [1.807, 2.05) is 0 Å². The number of carbonyl (C=O) groups excluding carboxylic acids is 1. The number of hydrogen-bond acceptors (Lipinski definition) is 2. The standard InChI is InChI=1S/C7H7NO2.Ca.2H/c9-7(8-10)6-4-2-1-3-5-6;;;/h1-5,10H,(H,8,9);;;. The maximum absolute atomic E-state index is 10.7. The van der Waals surface area contributed by atoms with Gasteiger partial charge in [0.2, 0.25) is 0 Å². The summed E-state index contributed by atoms with van der Waals surface area (Å²) in [5.41, 5.74) is 1.99. The third-order valence-electron chi connectivity index (χ3n) is 1.14. The van der Waals surface area contributed by atoms with E-state index in [2.05, 4.69) is 0 Å². The normalized spacial score (nSPS) is 8.09. The molecule has 0 heterocycles. The fourth-order valence-electron chi connectivity index (χ4n) is 0.654. The fraction of sp³-hybridized carbons (Fsp3) is 0. The van der Waals surface area contributed by atoms with E-state index >= 15 is 0 Å². The van der Waals surface area contributed by atoms with Crippen molar-refractivity contribution in [2.45, 2.75) is 0 Å².